The van der Waals surface area contributed by atoms with Gasteiger partial charge in [0.25, 0.3) is 0 Å². The number of rotatable bonds is 7. The molecule has 5 heteroatoms. The van der Waals surface area contributed by atoms with E-state index in [1.165, 1.54) is 6.42 Å². The molecule has 1 N–H and O–H groups in total. The monoisotopic (exact) mass is 234 g/mol. The highest BCUT2D eigenvalue weighted by atomic mass is 16.5. The van der Waals surface area contributed by atoms with Crippen molar-refractivity contribution in [2.45, 2.75) is 19.8 Å². The van der Waals surface area contributed by atoms with Crippen LogP contribution in [0.25, 0.3) is 5.65 Å². The fourth-order valence-electron chi connectivity index (χ4n) is 1.49. The Balaban J connectivity index is 1.75. The van der Waals surface area contributed by atoms with Crippen molar-refractivity contribution in [2.24, 2.45) is 0 Å². The molecule has 0 aliphatic carbocycles. The van der Waals surface area contributed by atoms with Crippen LogP contribution in [0.5, 0.6) is 0 Å². The van der Waals surface area contributed by atoms with E-state index in [9.17, 15) is 0 Å². The van der Waals surface area contributed by atoms with E-state index in [2.05, 4.69) is 22.3 Å². The second-order valence-electron chi connectivity index (χ2n) is 3.83. The summed E-state index contributed by atoms with van der Waals surface area (Å²) in [7, 11) is 0. The Hall–Kier alpha value is -1.62. The maximum atomic E-state index is 5.44. The third-order valence-corrected chi connectivity index (χ3v) is 2.41. The van der Waals surface area contributed by atoms with Gasteiger partial charge in [0.2, 0.25) is 5.95 Å². The predicted molar refractivity (Wildman–Crippen MR) is 67.2 cm³/mol. The summed E-state index contributed by atoms with van der Waals surface area (Å²) in [5.41, 5.74) is 0.849. The summed E-state index contributed by atoms with van der Waals surface area (Å²) in [5, 5.41) is 7.43. The van der Waals surface area contributed by atoms with E-state index in [0.29, 0.717) is 12.6 Å². The fourth-order valence-corrected chi connectivity index (χ4v) is 1.49. The van der Waals surface area contributed by atoms with Gasteiger partial charge in [-0.15, -0.1) is 5.10 Å². The van der Waals surface area contributed by atoms with Gasteiger partial charge in [0, 0.05) is 19.3 Å². The molecule has 0 saturated carbocycles. The third kappa shape index (κ3) is 3.42. The Bertz CT molecular complexity index is 421. The first-order valence-corrected chi connectivity index (χ1v) is 6.03. The highest BCUT2D eigenvalue weighted by Crippen LogP contribution is 2.03. The second-order valence-corrected chi connectivity index (χ2v) is 3.83. The fraction of sp³-hybridized carbons (Fsp3) is 0.500. The minimum absolute atomic E-state index is 0.648. The van der Waals surface area contributed by atoms with Crippen molar-refractivity contribution >= 4 is 11.6 Å². The molecule has 0 aliphatic rings. The smallest absolute Gasteiger partial charge is 0.243 e. The summed E-state index contributed by atoms with van der Waals surface area (Å²) < 4.78 is 7.20. The standard InChI is InChI=1S/C12H18N4O/c1-2-3-9-17-10-7-13-12-14-11-6-4-5-8-16(11)15-12/h4-6,8H,2-3,7,9-10H2,1H3,(H,13,15). The number of nitrogens with zero attached hydrogens (tertiary/aromatic N) is 3. The second kappa shape index (κ2) is 6.20. The Morgan fingerprint density at radius 2 is 2.29 bits per heavy atom. The lowest BCUT2D eigenvalue weighted by Gasteiger charge is -2.03. The van der Waals surface area contributed by atoms with Gasteiger partial charge < -0.3 is 10.1 Å². The molecular formula is C12H18N4O. The molecule has 0 aromatic carbocycles. The van der Waals surface area contributed by atoms with Gasteiger partial charge in [-0.05, 0) is 18.6 Å². The lowest BCUT2D eigenvalue weighted by atomic mass is 10.4. The SMILES string of the molecule is CCCCOCCNc1nc2ccccn2n1. The summed E-state index contributed by atoms with van der Waals surface area (Å²) in [6, 6.07) is 5.80. The number of hydrogen-bond acceptors (Lipinski definition) is 4. The number of pyridine rings is 1. The normalized spacial score (nSPS) is 10.9. The number of anilines is 1. The molecule has 0 saturated heterocycles. The molecule has 0 spiro atoms. The lowest BCUT2D eigenvalue weighted by Crippen LogP contribution is -2.10. The maximum Gasteiger partial charge on any atom is 0.243 e. The molecule has 2 aromatic heterocycles. The van der Waals surface area contributed by atoms with Gasteiger partial charge in [-0.3, -0.25) is 0 Å². The van der Waals surface area contributed by atoms with Crippen molar-refractivity contribution in [3.8, 4) is 0 Å². The van der Waals surface area contributed by atoms with E-state index >= 15 is 0 Å². The zero-order chi connectivity index (χ0) is 11.9. The molecule has 92 valence electrons. The largest absolute Gasteiger partial charge is 0.380 e. The average Bonchev–Trinajstić information content (AvgIpc) is 2.76. The summed E-state index contributed by atoms with van der Waals surface area (Å²) in [6.07, 6.45) is 4.17. The van der Waals surface area contributed by atoms with E-state index in [1.54, 1.807) is 4.52 Å². The zero-order valence-corrected chi connectivity index (χ0v) is 10.1. The predicted octanol–water partition coefficient (Wildman–Crippen LogP) is 1.96. The first-order chi connectivity index (χ1) is 8.40. The van der Waals surface area contributed by atoms with Gasteiger partial charge in [-0.25, -0.2) is 4.52 Å². The number of hydrogen-bond donors (Lipinski definition) is 1. The van der Waals surface area contributed by atoms with Gasteiger partial charge in [-0.2, -0.15) is 4.98 Å². The van der Waals surface area contributed by atoms with Gasteiger partial charge in [0.15, 0.2) is 5.65 Å². The van der Waals surface area contributed by atoms with E-state index in [4.69, 9.17) is 4.74 Å². The van der Waals surface area contributed by atoms with Crippen LogP contribution in [0, 0.1) is 0 Å². The van der Waals surface area contributed by atoms with Crippen LogP contribution in [0.2, 0.25) is 0 Å². The number of unbranched alkanes of at least 4 members (excludes halogenated alkanes) is 1. The summed E-state index contributed by atoms with van der Waals surface area (Å²) in [5.74, 6) is 0.648. The highest BCUT2D eigenvalue weighted by Gasteiger charge is 2.00. The van der Waals surface area contributed by atoms with Crippen LogP contribution in [-0.2, 0) is 4.74 Å². The molecule has 2 heterocycles. The zero-order valence-electron chi connectivity index (χ0n) is 10.1. The topological polar surface area (TPSA) is 51.5 Å². The number of nitrogens with one attached hydrogen (secondary N) is 1. The van der Waals surface area contributed by atoms with Crippen LogP contribution in [0.4, 0.5) is 5.95 Å². The quantitative estimate of drug-likeness (QED) is 0.744. The van der Waals surface area contributed by atoms with Gasteiger partial charge in [-0.1, -0.05) is 19.4 Å². The van der Waals surface area contributed by atoms with Crippen molar-refractivity contribution in [1.29, 1.82) is 0 Å². The first-order valence-electron chi connectivity index (χ1n) is 6.03. The molecule has 5 nitrogen and oxygen atoms in total. The third-order valence-electron chi connectivity index (χ3n) is 2.41. The van der Waals surface area contributed by atoms with Crippen molar-refractivity contribution in [2.75, 3.05) is 25.1 Å². The van der Waals surface area contributed by atoms with Gasteiger partial charge in [0.1, 0.15) is 0 Å². The summed E-state index contributed by atoms with van der Waals surface area (Å²) in [6.45, 7) is 4.41. The molecule has 0 radical (unpaired) electrons. The number of ether oxygens (including phenoxy) is 1. The van der Waals surface area contributed by atoms with E-state index in [1.807, 2.05) is 24.4 Å². The Morgan fingerprint density at radius 1 is 1.35 bits per heavy atom. The Labute approximate surface area is 101 Å². The van der Waals surface area contributed by atoms with Crippen molar-refractivity contribution in [1.82, 2.24) is 14.6 Å². The molecule has 0 unspecified atom stereocenters. The number of fused-ring (bicyclic) bond motifs is 1. The molecule has 0 amide bonds. The molecule has 0 fully saturated rings. The Morgan fingerprint density at radius 3 is 3.12 bits per heavy atom. The van der Waals surface area contributed by atoms with Crippen LogP contribution in [0.15, 0.2) is 24.4 Å². The van der Waals surface area contributed by atoms with E-state index < -0.39 is 0 Å². The lowest BCUT2D eigenvalue weighted by molar-refractivity contribution is 0.141. The molecule has 0 bridgehead atoms. The molecule has 0 atom stereocenters. The van der Waals surface area contributed by atoms with Crippen LogP contribution >= 0.6 is 0 Å². The molecule has 2 rings (SSSR count). The Kier molecular flexibility index (Phi) is 4.32. The summed E-state index contributed by atoms with van der Waals surface area (Å²) in [4.78, 5) is 4.33. The van der Waals surface area contributed by atoms with Gasteiger partial charge >= 0.3 is 0 Å². The van der Waals surface area contributed by atoms with Crippen LogP contribution in [-0.4, -0.2) is 34.4 Å². The maximum absolute atomic E-state index is 5.44. The first kappa shape index (κ1) is 11.9. The number of aromatic nitrogens is 3. The molecule has 0 aliphatic heterocycles. The minimum atomic E-state index is 0.648. The van der Waals surface area contributed by atoms with Crippen LogP contribution in [0.3, 0.4) is 0 Å². The van der Waals surface area contributed by atoms with E-state index in [-0.39, 0.29) is 0 Å². The minimum Gasteiger partial charge on any atom is -0.380 e. The van der Waals surface area contributed by atoms with Crippen LogP contribution < -0.4 is 5.32 Å². The van der Waals surface area contributed by atoms with E-state index in [0.717, 1.165) is 25.2 Å². The summed E-state index contributed by atoms with van der Waals surface area (Å²) >= 11 is 0. The van der Waals surface area contributed by atoms with Crippen molar-refractivity contribution in [3.05, 3.63) is 24.4 Å². The average molecular weight is 234 g/mol. The molecular weight excluding hydrogens is 216 g/mol. The van der Waals surface area contributed by atoms with Crippen LogP contribution in [0.1, 0.15) is 19.8 Å². The highest BCUT2D eigenvalue weighted by molar-refractivity contribution is 5.42. The molecule has 17 heavy (non-hydrogen) atoms. The van der Waals surface area contributed by atoms with Gasteiger partial charge in [0.05, 0.1) is 6.61 Å². The van der Waals surface area contributed by atoms with Crippen molar-refractivity contribution < 1.29 is 4.74 Å². The molecule has 2 aromatic rings. The van der Waals surface area contributed by atoms with Crippen molar-refractivity contribution in [3.63, 3.8) is 0 Å².